The van der Waals surface area contributed by atoms with E-state index in [4.69, 9.17) is 9.47 Å². The fourth-order valence-electron chi connectivity index (χ4n) is 3.38. The van der Waals surface area contributed by atoms with E-state index in [0.29, 0.717) is 12.2 Å². The summed E-state index contributed by atoms with van der Waals surface area (Å²) in [5.41, 5.74) is 5.33. The molecule has 0 spiro atoms. The molecule has 0 unspecified atom stereocenters. The maximum atomic E-state index is 11.9. The zero-order chi connectivity index (χ0) is 17.2. The molecule has 4 rings (SSSR count). The van der Waals surface area contributed by atoms with Crippen LogP contribution >= 0.6 is 0 Å². The van der Waals surface area contributed by atoms with Crippen LogP contribution in [0.1, 0.15) is 52.2 Å². The molecule has 4 nitrogen and oxygen atoms in total. The molecule has 2 heterocycles. The number of hydrogen-bond donors (Lipinski definition) is 0. The molecule has 2 aromatic rings. The number of ether oxygens (including phenoxy) is 2. The van der Waals surface area contributed by atoms with Crippen molar-refractivity contribution in [1.82, 2.24) is 4.98 Å². The van der Waals surface area contributed by atoms with Gasteiger partial charge in [0.1, 0.15) is 12.4 Å². The molecule has 1 fully saturated rings. The van der Waals surface area contributed by atoms with Gasteiger partial charge in [-0.2, -0.15) is 0 Å². The molecule has 4 heteroatoms. The molecule has 0 radical (unpaired) electrons. The molecule has 0 atom stereocenters. The molecule has 0 bridgehead atoms. The predicted molar refractivity (Wildman–Crippen MR) is 95.8 cm³/mol. The van der Waals surface area contributed by atoms with Gasteiger partial charge >= 0.3 is 5.97 Å². The van der Waals surface area contributed by atoms with Crippen LogP contribution in [0, 0.1) is 0 Å². The number of aryl methyl sites for hydroxylation is 1. The topological polar surface area (TPSA) is 48.4 Å². The van der Waals surface area contributed by atoms with Crippen LogP contribution in [0.5, 0.6) is 5.75 Å². The number of rotatable bonds is 5. The minimum Gasteiger partial charge on any atom is -0.489 e. The Kier molecular flexibility index (Phi) is 4.26. The molecule has 128 valence electrons. The van der Waals surface area contributed by atoms with Gasteiger partial charge in [-0.3, -0.25) is 4.98 Å². The van der Waals surface area contributed by atoms with E-state index in [9.17, 15) is 4.79 Å². The van der Waals surface area contributed by atoms with Crippen molar-refractivity contribution < 1.29 is 14.3 Å². The third kappa shape index (κ3) is 3.29. The quantitative estimate of drug-likeness (QED) is 0.770. The van der Waals surface area contributed by atoms with Gasteiger partial charge in [-0.1, -0.05) is 12.1 Å². The monoisotopic (exact) mass is 335 g/mol. The average molecular weight is 335 g/mol. The maximum absolute atomic E-state index is 11.9. The number of allylic oxidation sites excluding steroid dienone is 1. The predicted octanol–water partition coefficient (Wildman–Crippen LogP) is 4.15. The third-order valence-corrected chi connectivity index (χ3v) is 4.94. The number of nitrogens with zero attached hydrogens (tertiary/aromatic N) is 1. The van der Waals surface area contributed by atoms with E-state index in [2.05, 4.69) is 29.3 Å². The van der Waals surface area contributed by atoms with Gasteiger partial charge in [-0.25, -0.2) is 4.79 Å². The standard InChI is InChI=1S/C21H21NO3/c1-24-21(23)19-8-10-22-13-17(19)5-4-15-9-11-25-20-12-16(14-2-3-14)6-7-18(15)20/h6-10,12-14H,2-5,11H2,1H3. The number of esters is 1. The second-order valence-electron chi connectivity index (χ2n) is 6.59. The second-order valence-corrected chi connectivity index (χ2v) is 6.59. The molecule has 1 aromatic heterocycles. The lowest BCUT2D eigenvalue weighted by atomic mass is 9.93. The van der Waals surface area contributed by atoms with Crippen LogP contribution in [0.2, 0.25) is 0 Å². The van der Waals surface area contributed by atoms with Crippen LogP contribution in [-0.4, -0.2) is 24.7 Å². The first-order valence-corrected chi connectivity index (χ1v) is 8.73. The third-order valence-electron chi connectivity index (χ3n) is 4.94. The minimum atomic E-state index is -0.312. The highest BCUT2D eigenvalue weighted by molar-refractivity contribution is 5.90. The van der Waals surface area contributed by atoms with Crippen molar-refractivity contribution in [2.45, 2.75) is 31.6 Å². The summed E-state index contributed by atoms with van der Waals surface area (Å²) in [5, 5.41) is 0. The number of pyridine rings is 1. The van der Waals surface area contributed by atoms with Gasteiger partial charge in [0.2, 0.25) is 0 Å². The van der Waals surface area contributed by atoms with E-state index in [1.807, 2.05) is 0 Å². The summed E-state index contributed by atoms with van der Waals surface area (Å²) in [6, 6.07) is 8.32. The second kappa shape index (κ2) is 6.71. The first-order chi connectivity index (χ1) is 12.3. The van der Waals surface area contributed by atoms with Gasteiger partial charge < -0.3 is 9.47 Å². The van der Waals surface area contributed by atoms with Crippen molar-refractivity contribution in [2.75, 3.05) is 13.7 Å². The summed E-state index contributed by atoms with van der Waals surface area (Å²) in [6.45, 7) is 0.605. The number of methoxy groups -OCH3 is 1. The van der Waals surface area contributed by atoms with Crippen molar-refractivity contribution in [3.8, 4) is 5.75 Å². The number of carbonyl (C=O) groups excluding carboxylic acids is 1. The van der Waals surface area contributed by atoms with Crippen molar-refractivity contribution >= 4 is 11.5 Å². The van der Waals surface area contributed by atoms with E-state index < -0.39 is 0 Å². The van der Waals surface area contributed by atoms with Crippen LogP contribution in [0.25, 0.3) is 5.57 Å². The highest BCUT2D eigenvalue weighted by Gasteiger charge is 2.25. The summed E-state index contributed by atoms with van der Waals surface area (Å²) >= 11 is 0. The van der Waals surface area contributed by atoms with Gasteiger partial charge in [0.25, 0.3) is 0 Å². The lowest BCUT2D eigenvalue weighted by molar-refractivity contribution is 0.0599. The molecular weight excluding hydrogens is 314 g/mol. The highest BCUT2D eigenvalue weighted by atomic mass is 16.5. The van der Waals surface area contributed by atoms with Crippen LogP contribution in [0.3, 0.4) is 0 Å². The Hall–Kier alpha value is -2.62. The number of carbonyl (C=O) groups is 1. The van der Waals surface area contributed by atoms with Crippen molar-refractivity contribution in [3.63, 3.8) is 0 Å². The molecule has 2 aliphatic rings. The van der Waals surface area contributed by atoms with Crippen LogP contribution in [0.15, 0.2) is 42.7 Å². The SMILES string of the molecule is COC(=O)c1ccncc1CCC1=CCOc2cc(C3CC3)ccc21. The first-order valence-electron chi connectivity index (χ1n) is 8.73. The summed E-state index contributed by atoms with van der Waals surface area (Å²) < 4.78 is 10.7. The number of aromatic nitrogens is 1. The molecule has 1 aliphatic carbocycles. The van der Waals surface area contributed by atoms with Crippen LogP contribution < -0.4 is 4.74 Å². The van der Waals surface area contributed by atoms with E-state index in [1.165, 1.54) is 36.7 Å². The Bertz CT molecular complexity index is 837. The number of hydrogen-bond acceptors (Lipinski definition) is 4. The summed E-state index contributed by atoms with van der Waals surface area (Å²) in [7, 11) is 1.40. The number of benzene rings is 1. The smallest absolute Gasteiger partial charge is 0.338 e. The fourth-order valence-corrected chi connectivity index (χ4v) is 3.38. The van der Waals surface area contributed by atoms with Crippen molar-refractivity contribution in [3.05, 3.63) is 65.0 Å². The molecule has 0 amide bonds. The lowest BCUT2D eigenvalue weighted by Gasteiger charge is -2.20. The Morgan fingerprint density at radius 1 is 1.28 bits per heavy atom. The Morgan fingerprint density at radius 3 is 2.96 bits per heavy atom. The summed E-state index contributed by atoms with van der Waals surface area (Å²) in [4.78, 5) is 16.1. The Labute approximate surface area is 147 Å². The van der Waals surface area contributed by atoms with Crippen LogP contribution in [0.4, 0.5) is 0 Å². The molecule has 1 aromatic carbocycles. The largest absolute Gasteiger partial charge is 0.489 e. The van der Waals surface area contributed by atoms with E-state index >= 15 is 0 Å². The lowest BCUT2D eigenvalue weighted by Crippen LogP contribution is -2.08. The Morgan fingerprint density at radius 2 is 2.16 bits per heavy atom. The highest BCUT2D eigenvalue weighted by Crippen LogP contribution is 2.43. The van der Waals surface area contributed by atoms with Gasteiger partial charge in [-0.15, -0.1) is 0 Å². The molecule has 0 saturated heterocycles. The van der Waals surface area contributed by atoms with Crippen LogP contribution in [-0.2, 0) is 11.2 Å². The minimum absolute atomic E-state index is 0.312. The zero-order valence-corrected chi connectivity index (χ0v) is 14.3. The van der Waals surface area contributed by atoms with E-state index in [0.717, 1.165) is 30.1 Å². The van der Waals surface area contributed by atoms with Crippen molar-refractivity contribution in [1.29, 1.82) is 0 Å². The normalized spacial score (nSPS) is 15.8. The average Bonchev–Trinajstić information content (AvgIpc) is 3.50. The number of fused-ring (bicyclic) bond motifs is 1. The van der Waals surface area contributed by atoms with Gasteiger partial charge in [0.05, 0.1) is 12.7 Å². The maximum Gasteiger partial charge on any atom is 0.338 e. The summed E-state index contributed by atoms with van der Waals surface area (Å²) in [5.74, 6) is 1.40. The van der Waals surface area contributed by atoms with Gasteiger partial charge in [0, 0.05) is 18.0 Å². The van der Waals surface area contributed by atoms with E-state index in [-0.39, 0.29) is 5.97 Å². The molecular formula is C21H21NO3. The Balaban J connectivity index is 1.53. The van der Waals surface area contributed by atoms with Gasteiger partial charge in [0.15, 0.2) is 0 Å². The molecule has 1 aliphatic heterocycles. The van der Waals surface area contributed by atoms with Crippen molar-refractivity contribution in [2.24, 2.45) is 0 Å². The van der Waals surface area contributed by atoms with E-state index in [1.54, 1.807) is 18.5 Å². The zero-order valence-electron chi connectivity index (χ0n) is 14.3. The molecule has 25 heavy (non-hydrogen) atoms. The molecule has 0 N–H and O–H groups in total. The first kappa shape index (κ1) is 15.9. The van der Waals surface area contributed by atoms with Gasteiger partial charge in [-0.05, 0) is 66.5 Å². The summed E-state index contributed by atoms with van der Waals surface area (Å²) in [6.07, 6.45) is 9.68. The molecule has 1 saturated carbocycles. The fraction of sp³-hybridized carbons (Fsp3) is 0.333.